The predicted octanol–water partition coefficient (Wildman–Crippen LogP) is 1.89. The summed E-state index contributed by atoms with van der Waals surface area (Å²) in [6.07, 6.45) is 2.17. The van der Waals surface area contributed by atoms with Crippen molar-refractivity contribution in [3.05, 3.63) is 28.8 Å². The number of aryl methyl sites for hydroxylation is 3. The Balaban J connectivity index is 2.61. The van der Waals surface area contributed by atoms with E-state index in [1.165, 1.54) is 11.1 Å². The summed E-state index contributed by atoms with van der Waals surface area (Å²) in [6, 6.07) is 4.20. The Hall–Kier alpha value is -1.55. The molecule has 1 amide bonds. The third kappa shape index (κ3) is 4.04. The quantitative estimate of drug-likeness (QED) is 0.758. The minimum Gasteiger partial charge on any atom is -0.496 e. The number of carbonyl (C=O) groups excluding carboxylic acids is 1. The summed E-state index contributed by atoms with van der Waals surface area (Å²) in [5, 5.41) is 0. The van der Waals surface area contributed by atoms with Crippen LogP contribution in [0.1, 0.15) is 29.5 Å². The molecule has 0 unspecified atom stereocenters. The first kappa shape index (κ1) is 14.5. The average Bonchev–Trinajstić information content (AvgIpc) is 2.33. The molecule has 0 radical (unpaired) electrons. The minimum atomic E-state index is 0.0142. The highest BCUT2D eigenvalue weighted by molar-refractivity contribution is 5.75. The molecule has 1 aromatic rings. The van der Waals surface area contributed by atoms with E-state index in [1.807, 2.05) is 0 Å². The predicted molar refractivity (Wildman–Crippen MR) is 72.6 cm³/mol. The van der Waals surface area contributed by atoms with E-state index >= 15 is 0 Å². The molecule has 0 aliphatic carbocycles. The SMILES string of the molecule is CNNC(=O)CCCc1cc(C)c(C)cc1OC. The van der Waals surface area contributed by atoms with Gasteiger partial charge < -0.3 is 4.74 Å². The maximum atomic E-state index is 11.3. The lowest BCUT2D eigenvalue weighted by molar-refractivity contribution is -0.122. The van der Waals surface area contributed by atoms with Crippen LogP contribution in [0, 0.1) is 13.8 Å². The van der Waals surface area contributed by atoms with Crippen LogP contribution in [0.5, 0.6) is 5.75 Å². The van der Waals surface area contributed by atoms with Gasteiger partial charge in [0.1, 0.15) is 5.75 Å². The van der Waals surface area contributed by atoms with Crippen molar-refractivity contribution in [2.45, 2.75) is 33.1 Å². The summed E-state index contributed by atoms with van der Waals surface area (Å²) in [5.41, 5.74) is 8.84. The van der Waals surface area contributed by atoms with Crippen molar-refractivity contribution in [2.75, 3.05) is 14.2 Å². The summed E-state index contributed by atoms with van der Waals surface area (Å²) in [5.74, 6) is 0.924. The highest BCUT2D eigenvalue weighted by Gasteiger charge is 2.07. The maximum Gasteiger partial charge on any atom is 0.234 e. The first-order chi connectivity index (χ1) is 8.58. The largest absolute Gasteiger partial charge is 0.496 e. The fraction of sp³-hybridized carbons (Fsp3) is 0.500. The van der Waals surface area contributed by atoms with E-state index in [0.717, 1.165) is 24.2 Å². The van der Waals surface area contributed by atoms with Gasteiger partial charge in [0.15, 0.2) is 0 Å². The monoisotopic (exact) mass is 250 g/mol. The summed E-state index contributed by atoms with van der Waals surface area (Å²) in [6.45, 7) is 4.16. The van der Waals surface area contributed by atoms with E-state index in [0.29, 0.717) is 6.42 Å². The molecule has 0 aliphatic rings. The van der Waals surface area contributed by atoms with Gasteiger partial charge in [-0.05, 0) is 49.4 Å². The Labute approximate surface area is 109 Å². The van der Waals surface area contributed by atoms with Gasteiger partial charge in [-0.25, -0.2) is 5.43 Å². The second-order valence-corrected chi connectivity index (χ2v) is 4.40. The van der Waals surface area contributed by atoms with Crippen molar-refractivity contribution in [3.63, 3.8) is 0 Å². The van der Waals surface area contributed by atoms with Crippen molar-refractivity contribution < 1.29 is 9.53 Å². The number of benzene rings is 1. The fourth-order valence-electron chi connectivity index (χ4n) is 1.88. The highest BCUT2D eigenvalue weighted by atomic mass is 16.5. The molecule has 0 saturated heterocycles. The van der Waals surface area contributed by atoms with Crippen LogP contribution in [0.4, 0.5) is 0 Å². The van der Waals surface area contributed by atoms with Crippen LogP contribution in [0.3, 0.4) is 0 Å². The van der Waals surface area contributed by atoms with Gasteiger partial charge >= 0.3 is 0 Å². The van der Waals surface area contributed by atoms with Crippen molar-refractivity contribution in [1.82, 2.24) is 10.9 Å². The second-order valence-electron chi connectivity index (χ2n) is 4.40. The van der Waals surface area contributed by atoms with Gasteiger partial charge in [-0.2, -0.15) is 0 Å². The Morgan fingerprint density at radius 1 is 1.28 bits per heavy atom. The van der Waals surface area contributed by atoms with Crippen molar-refractivity contribution in [2.24, 2.45) is 0 Å². The first-order valence-electron chi connectivity index (χ1n) is 6.18. The molecule has 0 heterocycles. The van der Waals surface area contributed by atoms with Crippen molar-refractivity contribution in [1.29, 1.82) is 0 Å². The molecule has 1 aromatic carbocycles. The van der Waals surface area contributed by atoms with Crippen LogP contribution in [-0.2, 0) is 11.2 Å². The molecular weight excluding hydrogens is 228 g/mol. The lowest BCUT2D eigenvalue weighted by Gasteiger charge is -2.11. The molecule has 4 nitrogen and oxygen atoms in total. The Morgan fingerprint density at radius 3 is 2.56 bits per heavy atom. The van der Waals surface area contributed by atoms with E-state index in [1.54, 1.807) is 14.2 Å². The molecule has 18 heavy (non-hydrogen) atoms. The number of carbonyl (C=O) groups is 1. The summed E-state index contributed by atoms with van der Waals surface area (Å²) in [7, 11) is 3.37. The molecule has 4 heteroatoms. The second kappa shape index (κ2) is 7.01. The first-order valence-corrected chi connectivity index (χ1v) is 6.18. The Morgan fingerprint density at radius 2 is 1.94 bits per heavy atom. The fourth-order valence-corrected chi connectivity index (χ4v) is 1.88. The van der Waals surface area contributed by atoms with E-state index in [4.69, 9.17) is 4.74 Å². The van der Waals surface area contributed by atoms with Crippen molar-refractivity contribution in [3.8, 4) is 5.75 Å². The molecular formula is C14H22N2O2. The number of methoxy groups -OCH3 is 1. The lowest BCUT2D eigenvalue weighted by atomic mass is 10.0. The number of rotatable bonds is 6. The number of nitrogens with one attached hydrogen (secondary N) is 2. The van der Waals surface area contributed by atoms with E-state index < -0.39 is 0 Å². The zero-order chi connectivity index (χ0) is 13.5. The summed E-state index contributed by atoms with van der Waals surface area (Å²) < 4.78 is 5.37. The number of hydrogen-bond donors (Lipinski definition) is 2. The smallest absolute Gasteiger partial charge is 0.234 e. The van der Waals surface area contributed by atoms with Gasteiger partial charge in [0.2, 0.25) is 5.91 Å². The normalized spacial score (nSPS) is 10.2. The molecule has 2 N–H and O–H groups in total. The third-order valence-corrected chi connectivity index (χ3v) is 3.01. The van der Waals surface area contributed by atoms with Crippen LogP contribution < -0.4 is 15.6 Å². The number of amides is 1. The average molecular weight is 250 g/mol. The van der Waals surface area contributed by atoms with Gasteiger partial charge in [0.25, 0.3) is 0 Å². The van der Waals surface area contributed by atoms with E-state index in [2.05, 4.69) is 36.8 Å². The molecule has 0 aromatic heterocycles. The zero-order valence-electron chi connectivity index (χ0n) is 11.6. The van der Waals surface area contributed by atoms with Crippen molar-refractivity contribution >= 4 is 5.91 Å². The molecule has 0 aliphatic heterocycles. The van der Waals surface area contributed by atoms with Crippen LogP contribution >= 0.6 is 0 Å². The zero-order valence-corrected chi connectivity index (χ0v) is 11.6. The Bertz CT molecular complexity index is 417. The topological polar surface area (TPSA) is 50.4 Å². The van der Waals surface area contributed by atoms with Crippen LogP contribution in [0.25, 0.3) is 0 Å². The molecule has 0 bridgehead atoms. The van der Waals surface area contributed by atoms with Gasteiger partial charge in [-0.3, -0.25) is 10.2 Å². The molecule has 0 saturated carbocycles. The van der Waals surface area contributed by atoms with Gasteiger partial charge in [0.05, 0.1) is 7.11 Å². The molecule has 0 spiro atoms. The number of hydrogen-bond acceptors (Lipinski definition) is 3. The molecule has 100 valence electrons. The van der Waals surface area contributed by atoms with Crippen LogP contribution in [0.15, 0.2) is 12.1 Å². The number of hydrazine groups is 1. The standard InChI is InChI=1S/C14H22N2O2/c1-10-8-12(13(18-4)9-11(10)2)6-5-7-14(17)16-15-3/h8-9,15H,5-7H2,1-4H3,(H,16,17). The molecule has 1 rings (SSSR count). The van der Waals surface area contributed by atoms with Gasteiger partial charge in [-0.15, -0.1) is 0 Å². The molecule has 0 fully saturated rings. The summed E-state index contributed by atoms with van der Waals surface area (Å²) >= 11 is 0. The van der Waals surface area contributed by atoms with Gasteiger partial charge in [-0.1, -0.05) is 6.07 Å². The van der Waals surface area contributed by atoms with Gasteiger partial charge in [0, 0.05) is 13.5 Å². The summed E-state index contributed by atoms with van der Waals surface area (Å²) in [4.78, 5) is 11.3. The number of ether oxygens (including phenoxy) is 1. The minimum absolute atomic E-state index is 0.0142. The lowest BCUT2D eigenvalue weighted by Crippen LogP contribution is -2.33. The van der Waals surface area contributed by atoms with E-state index in [9.17, 15) is 4.79 Å². The van der Waals surface area contributed by atoms with Crippen LogP contribution in [-0.4, -0.2) is 20.1 Å². The van der Waals surface area contributed by atoms with Crippen LogP contribution in [0.2, 0.25) is 0 Å². The third-order valence-electron chi connectivity index (χ3n) is 3.01. The van der Waals surface area contributed by atoms with E-state index in [-0.39, 0.29) is 5.91 Å². The highest BCUT2D eigenvalue weighted by Crippen LogP contribution is 2.24. The maximum absolute atomic E-state index is 11.3. The molecule has 0 atom stereocenters. The Kier molecular flexibility index (Phi) is 5.65.